The van der Waals surface area contributed by atoms with Crippen molar-refractivity contribution in [2.75, 3.05) is 0 Å². The first-order valence-electron chi connectivity index (χ1n) is 44.9. The molecule has 0 bridgehead atoms. The molecule has 0 atom stereocenters. The van der Waals surface area contributed by atoms with Gasteiger partial charge in [-0.15, -0.1) is 0 Å². The van der Waals surface area contributed by atoms with Gasteiger partial charge in [-0.2, -0.15) is 9.13 Å². The van der Waals surface area contributed by atoms with E-state index < -0.39 is 225 Å². The van der Waals surface area contributed by atoms with Crippen molar-refractivity contribution in [3.63, 3.8) is 0 Å². The molecule has 96 heavy (non-hydrogen) atoms. The number of para-hydroxylation sites is 2. The smallest absolute Gasteiger partial charge is 0.255 e. The Morgan fingerprint density at radius 1 is 0.396 bits per heavy atom. The largest absolute Gasteiger partial charge is 0.457 e. The molecule has 12 aromatic carbocycles. The number of aromatic nitrogens is 4. The molecule has 0 aliphatic carbocycles. The molecular formula is C90H77N4OSi+. The summed E-state index contributed by atoms with van der Waals surface area (Å²) in [5.74, 6) is 1.31. The monoisotopic (exact) mass is 1280 g/mol. The molecule has 5 nitrogen and oxygen atoms in total. The van der Waals surface area contributed by atoms with Gasteiger partial charge >= 0.3 is 0 Å². The number of hydrogen-bond donors (Lipinski definition) is 0. The number of ether oxygens (including phenoxy) is 1. The molecule has 0 unspecified atom stereocenters. The summed E-state index contributed by atoms with van der Waals surface area (Å²) < 4.78 is 277. The first-order valence-corrected chi connectivity index (χ1v) is 33.4. The van der Waals surface area contributed by atoms with E-state index in [0.717, 1.165) is 38.5 Å². The van der Waals surface area contributed by atoms with Crippen LogP contribution in [0.5, 0.6) is 11.5 Å². The number of rotatable bonds is 10. The third-order valence-corrected chi connectivity index (χ3v) is 22.0. The van der Waals surface area contributed by atoms with E-state index in [1.807, 2.05) is 102 Å². The van der Waals surface area contributed by atoms with Gasteiger partial charge in [0.15, 0.2) is 19.1 Å². The summed E-state index contributed by atoms with van der Waals surface area (Å²) in [7, 11) is -6.59. The van der Waals surface area contributed by atoms with Crippen LogP contribution in [0.1, 0.15) is 116 Å². The second-order valence-corrected chi connectivity index (χ2v) is 30.5. The quantitative estimate of drug-likeness (QED) is 0.0777. The average molecular weight is 1290 g/mol. The SMILES string of the molecule is [2H]c1c([2H])c([2H])c(-c2cc3c4c(c2)n(-c2cccc(Oc5ccc6c7ccccc7n(-c7cc(C(C)(C)C)ccn7)c6c5)c2)c[n+]4-c2c(-c4cc(C(C)(C)C)cc(C(C)(C)C)c4)cccc2-c2c([2H])c([Si](c4c([2H])c([2H])c([2H])c([2H])c4[2H])(c4c([2H])c([2H])c([2H])c([2H])c4[2H])c4c([2H])c([2H])c([2H])c([2H])c4[2H])c([2H])c([2H])c2-c2c([2H])c([2H])c([2H])c([2H])c2-3)c([2H])c1[2H]. The number of nitrogens with zero attached hydrogens (tertiary/aromatic N) is 4. The van der Waals surface area contributed by atoms with Crippen LogP contribution in [-0.2, 0) is 16.2 Å². The first kappa shape index (κ1) is 37.2. The van der Waals surface area contributed by atoms with Crippen molar-refractivity contribution >= 4 is 61.7 Å². The molecule has 0 fully saturated rings. The van der Waals surface area contributed by atoms with Crippen molar-refractivity contribution in [2.24, 2.45) is 0 Å². The summed E-state index contributed by atoms with van der Waals surface area (Å²) in [5.41, 5.74) is 0.934. The van der Waals surface area contributed by atoms with Gasteiger partial charge in [0.2, 0.25) is 0 Å². The zero-order valence-electron chi connectivity index (χ0n) is 81.0. The molecule has 1 aliphatic heterocycles. The second kappa shape index (κ2) is 23.2. The molecule has 1 aliphatic rings. The molecule has 0 saturated heterocycles. The van der Waals surface area contributed by atoms with Gasteiger partial charge in [0.05, 0.1) is 48.0 Å². The minimum absolute atomic E-state index is 0.0317. The molecule has 15 aromatic rings. The van der Waals surface area contributed by atoms with Crippen LogP contribution in [0.3, 0.4) is 0 Å². The van der Waals surface area contributed by atoms with Crippen molar-refractivity contribution in [2.45, 2.75) is 78.6 Å². The lowest BCUT2D eigenvalue weighted by Gasteiger charge is -2.35. The van der Waals surface area contributed by atoms with E-state index in [1.165, 1.54) is 12.1 Å². The van der Waals surface area contributed by atoms with Gasteiger partial charge in [0, 0.05) is 45.8 Å². The van der Waals surface area contributed by atoms with Crippen molar-refractivity contribution in [3.05, 3.63) is 320 Å². The molecule has 0 saturated carbocycles. The predicted molar refractivity (Wildman–Crippen MR) is 404 cm³/mol. The summed E-state index contributed by atoms with van der Waals surface area (Å²) in [5, 5.41) is -2.41. The summed E-state index contributed by atoms with van der Waals surface area (Å²) in [6, 6.07) is 10.3. The van der Waals surface area contributed by atoms with Crippen LogP contribution in [0.2, 0.25) is 0 Å². The number of pyridine rings is 1. The van der Waals surface area contributed by atoms with Crippen molar-refractivity contribution in [1.29, 1.82) is 0 Å². The fourth-order valence-corrected chi connectivity index (χ4v) is 16.7. The van der Waals surface area contributed by atoms with Gasteiger partial charge in [-0.05, 0) is 147 Å². The van der Waals surface area contributed by atoms with Gasteiger partial charge in [-0.1, -0.05) is 286 Å². The number of benzene rings is 12. The second-order valence-electron chi connectivity index (χ2n) is 27.0. The van der Waals surface area contributed by atoms with E-state index in [2.05, 4.69) is 37.5 Å². The van der Waals surface area contributed by atoms with Gasteiger partial charge < -0.3 is 4.74 Å². The Hall–Kier alpha value is -10.9. The summed E-state index contributed by atoms with van der Waals surface area (Å²) in [6.07, 6.45) is 3.40. The molecule has 3 aromatic heterocycles. The zero-order chi connectivity index (χ0) is 89.2. The maximum atomic E-state index is 11.7. The number of hydrogen-bond acceptors (Lipinski definition) is 2. The molecule has 466 valence electrons. The summed E-state index contributed by atoms with van der Waals surface area (Å²) in [4.78, 5) is 4.89. The van der Waals surface area contributed by atoms with Crippen molar-refractivity contribution in [3.8, 4) is 84.3 Å². The normalized spacial score (nSPS) is 16.4. The van der Waals surface area contributed by atoms with Crippen molar-refractivity contribution < 1.29 is 46.3 Å². The van der Waals surface area contributed by atoms with E-state index in [9.17, 15) is 28.8 Å². The fourth-order valence-electron chi connectivity index (χ4n) is 13.1. The van der Waals surface area contributed by atoms with E-state index in [0.29, 0.717) is 28.4 Å². The van der Waals surface area contributed by atoms with E-state index in [-0.39, 0.29) is 50.1 Å². The number of fused-ring (bicyclic) bond motifs is 10. The third-order valence-electron chi connectivity index (χ3n) is 18.0. The maximum Gasteiger partial charge on any atom is 0.255 e. The third kappa shape index (κ3) is 10.3. The van der Waals surface area contributed by atoms with Crippen LogP contribution in [0.25, 0.3) is 106 Å². The van der Waals surface area contributed by atoms with Crippen LogP contribution >= 0.6 is 0 Å². The topological polar surface area (TPSA) is 35.9 Å². The lowest BCUT2D eigenvalue weighted by atomic mass is 9.78. The molecule has 0 radical (unpaired) electrons. The number of imidazole rings is 1. The molecule has 0 N–H and O–H groups in total. The van der Waals surface area contributed by atoms with Crippen molar-refractivity contribution in [1.82, 2.24) is 14.1 Å². The van der Waals surface area contributed by atoms with E-state index in [4.69, 9.17) is 17.9 Å². The standard InChI is InChI=1S/C90H77N4OSi/c1-88(2,3)63-48-49-91-85(55-63)94-82-43-25-24-40-77(82)78-46-44-68(57-83(78)94)95-67-31-26-30-66(56-67)92-59-93-86-73(62-50-64(89(4,5)6)54-65(51-62)90(7,8)9)41-27-42-79(86)80-58-72(96(69-32-16-11-17-33-69,70-34-18-12-19-35-70)71-36-20-13-21-37-71)45-47-76(80)74-38-22-23-39-75(74)81-52-61(53-84(92)87(81)93)60-28-14-10-15-29-60/h10-59H,1-9H3/q+1/i10D,11D,12D,13D,14D,15D,16D,17D,18D,19D,20D,21D,22D,23D,28D,29D,32D,33D,34D,35D,36D,37D,38D,39D,45D,47D,58D. The molecule has 6 heteroatoms. The maximum absolute atomic E-state index is 11.7. The molecule has 16 rings (SSSR count). The van der Waals surface area contributed by atoms with Gasteiger partial charge in [0.25, 0.3) is 6.33 Å². The highest BCUT2D eigenvalue weighted by Crippen LogP contribution is 2.48. The van der Waals surface area contributed by atoms with Crippen LogP contribution in [0, 0.1) is 0 Å². The van der Waals surface area contributed by atoms with Crippen LogP contribution in [-0.4, -0.2) is 22.2 Å². The fraction of sp³-hybridized carbons (Fsp3) is 0.133. The highest BCUT2D eigenvalue weighted by Gasteiger charge is 2.43. The lowest BCUT2D eigenvalue weighted by Crippen LogP contribution is -2.74. The van der Waals surface area contributed by atoms with E-state index in [1.54, 1.807) is 64.1 Å². The highest BCUT2D eigenvalue weighted by atomic mass is 28.3. The minimum atomic E-state index is -6.59. The Morgan fingerprint density at radius 3 is 1.62 bits per heavy atom. The van der Waals surface area contributed by atoms with Crippen LogP contribution in [0.15, 0.2) is 303 Å². The minimum Gasteiger partial charge on any atom is -0.457 e. The predicted octanol–water partition coefficient (Wildman–Crippen LogP) is 20.1. The molecule has 0 spiro atoms. The molecular weight excluding hydrogens is 1180 g/mol. The Morgan fingerprint density at radius 2 is 0.969 bits per heavy atom. The summed E-state index contributed by atoms with van der Waals surface area (Å²) in [6.45, 7) is 18.5. The molecule has 4 heterocycles. The van der Waals surface area contributed by atoms with Gasteiger partial charge in [0.1, 0.15) is 28.7 Å². The Balaban J connectivity index is 1.13. The lowest BCUT2D eigenvalue weighted by molar-refractivity contribution is -0.566. The Kier molecular flexibility index (Phi) is 9.01. The van der Waals surface area contributed by atoms with Crippen LogP contribution < -0.4 is 30.1 Å². The average Bonchev–Trinajstić information content (AvgIpc) is 1.44. The zero-order valence-corrected chi connectivity index (χ0v) is 55.0. The molecule has 0 amide bonds. The van der Waals surface area contributed by atoms with Crippen LogP contribution in [0.4, 0.5) is 0 Å². The Labute approximate surface area is 602 Å². The Bertz CT molecular complexity index is 6900. The van der Waals surface area contributed by atoms with Gasteiger partial charge in [-0.3, -0.25) is 4.57 Å². The van der Waals surface area contributed by atoms with E-state index >= 15 is 0 Å². The first-order chi connectivity index (χ1) is 57.7. The summed E-state index contributed by atoms with van der Waals surface area (Å²) >= 11 is 0. The van der Waals surface area contributed by atoms with Gasteiger partial charge in [-0.25, -0.2) is 4.98 Å². The highest BCUT2D eigenvalue weighted by molar-refractivity contribution is 7.20.